The molecular weight excluding hydrogens is 348 g/mol. The van der Waals surface area contributed by atoms with Crippen molar-refractivity contribution in [3.05, 3.63) is 35.4 Å². The van der Waals surface area contributed by atoms with Crippen molar-refractivity contribution in [2.75, 3.05) is 19.6 Å². The molecule has 0 saturated carbocycles. The van der Waals surface area contributed by atoms with Crippen LogP contribution in [0.2, 0.25) is 0 Å². The van der Waals surface area contributed by atoms with Crippen LogP contribution in [0, 0.1) is 17.0 Å². The zero-order valence-corrected chi connectivity index (χ0v) is 15.8. The van der Waals surface area contributed by atoms with Crippen LogP contribution < -0.4 is 11.1 Å². The molecule has 25 heavy (non-hydrogen) atoms. The Morgan fingerprint density at radius 2 is 2.00 bits per heavy atom. The SMILES string of the molecule is CC(Cc1c(F)cccc1F)NC(=O)CN1CCC(N)C(C)(C)C1.Cl. The van der Waals surface area contributed by atoms with E-state index in [9.17, 15) is 13.6 Å². The van der Waals surface area contributed by atoms with Crippen molar-refractivity contribution < 1.29 is 13.6 Å². The number of hydrogen-bond donors (Lipinski definition) is 2. The van der Waals surface area contributed by atoms with Crippen LogP contribution in [0.3, 0.4) is 0 Å². The predicted octanol–water partition coefficient (Wildman–Crippen LogP) is 2.49. The summed E-state index contributed by atoms with van der Waals surface area (Å²) in [5.41, 5.74) is 6.08. The van der Waals surface area contributed by atoms with E-state index in [2.05, 4.69) is 24.1 Å². The number of nitrogens with two attached hydrogens (primary N) is 1. The normalized spacial score (nSPS) is 21.3. The van der Waals surface area contributed by atoms with E-state index < -0.39 is 11.6 Å². The van der Waals surface area contributed by atoms with E-state index in [0.29, 0.717) is 0 Å². The van der Waals surface area contributed by atoms with Crippen molar-refractivity contribution in [3.8, 4) is 0 Å². The molecule has 7 heteroatoms. The standard InChI is InChI=1S/C18H27F2N3O.ClH/c1-12(9-13-14(19)5-4-6-15(13)20)22-17(24)10-23-8-7-16(21)18(2,3)11-23;/h4-6,12,16H,7-11,21H2,1-3H3,(H,22,24);1H. The molecule has 4 nitrogen and oxygen atoms in total. The third-order valence-corrected chi connectivity index (χ3v) is 4.74. The van der Waals surface area contributed by atoms with Gasteiger partial charge in [0.25, 0.3) is 0 Å². The Morgan fingerprint density at radius 1 is 1.40 bits per heavy atom. The average molecular weight is 376 g/mol. The summed E-state index contributed by atoms with van der Waals surface area (Å²) >= 11 is 0. The molecule has 0 spiro atoms. The first-order valence-corrected chi connectivity index (χ1v) is 8.39. The lowest BCUT2D eigenvalue weighted by Crippen LogP contribution is -2.54. The summed E-state index contributed by atoms with van der Waals surface area (Å²) in [6, 6.07) is 3.59. The fourth-order valence-electron chi connectivity index (χ4n) is 3.23. The number of benzene rings is 1. The molecule has 1 aromatic carbocycles. The molecule has 2 unspecified atom stereocenters. The number of amides is 1. The van der Waals surface area contributed by atoms with Crippen LogP contribution in [0.25, 0.3) is 0 Å². The molecule has 1 aromatic rings. The lowest BCUT2D eigenvalue weighted by Gasteiger charge is -2.42. The maximum atomic E-state index is 13.7. The number of nitrogens with one attached hydrogen (secondary N) is 1. The zero-order valence-electron chi connectivity index (χ0n) is 15.0. The molecule has 1 aliphatic rings. The van der Waals surface area contributed by atoms with Gasteiger partial charge in [-0.1, -0.05) is 19.9 Å². The van der Waals surface area contributed by atoms with Crippen LogP contribution in [0.4, 0.5) is 8.78 Å². The number of carbonyl (C=O) groups excluding carboxylic acids is 1. The number of carbonyl (C=O) groups is 1. The van der Waals surface area contributed by atoms with E-state index in [1.807, 2.05) is 0 Å². The summed E-state index contributed by atoms with van der Waals surface area (Å²) < 4.78 is 27.3. The second-order valence-electron chi connectivity index (χ2n) is 7.47. The first kappa shape index (κ1) is 21.8. The highest BCUT2D eigenvalue weighted by Crippen LogP contribution is 2.27. The van der Waals surface area contributed by atoms with Gasteiger partial charge < -0.3 is 11.1 Å². The van der Waals surface area contributed by atoms with Crippen molar-refractivity contribution in [3.63, 3.8) is 0 Å². The highest BCUT2D eigenvalue weighted by atomic mass is 35.5. The van der Waals surface area contributed by atoms with Crippen molar-refractivity contribution in [1.29, 1.82) is 0 Å². The largest absolute Gasteiger partial charge is 0.352 e. The highest BCUT2D eigenvalue weighted by Gasteiger charge is 2.34. The highest BCUT2D eigenvalue weighted by molar-refractivity contribution is 5.85. The minimum atomic E-state index is -0.581. The van der Waals surface area contributed by atoms with E-state index in [-0.39, 0.29) is 54.3 Å². The molecule has 2 rings (SSSR count). The third kappa shape index (κ3) is 5.90. The summed E-state index contributed by atoms with van der Waals surface area (Å²) in [6.07, 6.45) is 0.983. The van der Waals surface area contributed by atoms with Gasteiger partial charge in [-0.2, -0.15) is 0 Å². The Morgan fingerprint density at radius 3 is 2.56 bits per heavy atom. The molecule has 1 heterocycles. The van der Waals surface area contributed by atoms with Crippen LogP contribution in [0.1, 0.15) is 32.8 Å². The molecule has 0 radical (unpaired) electrons. The van der Waals surface area contributed by atoms with Gasteiger partial charge in [0.05, 0.1) is 6.54 Å². The van der Waals surface area contributed by atoms with Crippen LogP contribution >= 0.6 is 12.4 Å². The maximum absolute atomic E-state index is 13.7. The third-order valence-electron chi connectivity index (χ3n) is 4.74. The fraction of sp³-hybridized carbons (Fsp3) is 0.611. The molecule has 1 fully saturated rings. The topological polar surface area (TPSA) is 58.4 Å². The number of nitrogens with zero attached hydrogens (tertiary/aromatic N) is 1. The van der Waals surface area contributed by atoms with E-state index in [1.165, 1.54) is 18.2 Å². The van der Waals surface area contributed by atoms with Crippen LogP contribution in [0.5, 0.6) is 0 Å². The van der Waals surface area contributed by atoms with Gasteiger partial charge in [0.15, 0.2) is 0 Å². The zero-order chi connectivity index (χ0) is 17.9. The van der Waals surface area contributed by atoms with Gasteiger partial charge in [-0.25, -0.2) is 8.78 Å². The van der Waals surface area contributed by atoms with Crippen LogP contribution in [-0.2, 0) is 11.2 Å². The monoisotopic (exact) mass is 375 g/mol. The Balaban J connectivity index is 0.00000312. The van der Waals surface area contributed by atoms with Crippen LogP contribution in [0.15, 0.2) is 18.2 Å². The molecule has 1 aliphatic heterocycles. The van der Waals surface area contributed by atoms with Gasteiger partial charge in [-0.15, -0.1) is 12.4 Å². The molecule has 1 saturated heterocycles. The lowest BCUT2D eigenvalue weighted by atomic mass is 9.80. The van der Waals surface area contributed by atoms with Gasteiger partial charge in [-0.05, 0) is 37.3 Å². The minimum absolute atomic E-state index is 0. The molecule has 2 atom stereocenters. The van der Waals surface area contributed by atoms with Crippen molar-refractivity contribution in [2.24, 2.45) is 11.1 Å². The molecule has 1 amide bonds. The van der Waals surface area contributed by atoms with E-state index in [0.717, 1.165) is 19.5 Å². The first-order valence-electron chi connectivity index (χ1n) is 8.39. The average Bonchev–Trinajstić information content (AvgIpc) is 2.46. The maximum Gasteiger partial charge on any atom is 0.234 e. The number of halogens is 3. The quantitative estimate of drug-likeness (QED) is 0.831. The first-order chi connectivity index (χ1) is 11.2. The fourth-order valence-corrected chi connectivity index (χ4v) is 3.23. The minimum Gasteiger partial charge on any atom is -0.352 e. The molecule has 0 aliphatic carbocycles. The number of likely N-dealkylation sites (tertiary alicyclic amines) is 1. The Hall–Kier alpha value is -1.24. The summed E-state index contributed by atoms with van der Waals surface area (Å²) in [5.74, 6) is -1.30. The summed E-state index contributed by atoms with van der Waals surface area (Å²) in [6.45, 7) is 7.78. The molecular formula is C18H28ClF2N3O. The molecule has 142 valence electrons. The van der Waals surface area contributed by atoms with Gasteiger partial charge in [0.1, 0.15) is 11.6 Å². The van der Waals surface area contributed by atoms with Crippen LogP contribution in [-0.4, -0.2) is 42.5 Å². The van der Waals surface area contributed by atoms with Gasteiger partial charge in [-0.3, -0.25) is 9.69 Å². The molecule has 3 N–H and O–H groups in total. The number of piperidine rings is 1. The molecule has 0 aromatic heterocycles. The van der Waals surface area contributed by atoms with E-state index >= 15 is 0 Å². The summed E-state index contributed by atoms with van der Waals surface area (Å²) in [5, 5.41) is 2.82. The van der Waals surface area contributed by atoms with Crippen molar-refractivity contribution >= 4 is 18.3 Å². The van der Waals surface area contributed by atoms with Gasteiger partial charge in [0, 0.05) is 30.7 Å². The Bertz CT molecular complexity index is 577. The predicted molar refractivity (Wildman–Crippen MR) is 97.7 cm³/mol. The van der Waals surface area contributed by atoms with E-state index in [4.69, 9.17) is 5.73 Å². The lowest BCUT2D eigenvalue weighted by molar-refractivity contribution is -0.123. The summed E-state index contributed by atoms with van der Waals surface area (Å²) in [7, 11) is 0. The summed E-state index contributed by atoms with van der Waals surface area (Å²) in [4.78, 5) is 14.3. The number of hydrogen-bond acceptors (Lipinski definition) is 3. The van der Waals surface area contributed by atoms with Gasteiger partial charge in [0.2, 0.25) is 5.91 Å². The molecule has 0 bridgehead atoms. The van der Waals surface area contributed by atoms with E-state index in [1.54, 1.807) is 6.92 Å². The second-order valence-corrected chi connectivity index (χ2v) is 7.47. The van der Waals surface area contributed by atoms with Gasteiger partial charge >= 0.3 is 0 Å². The van der Waals surface area contributed by atoms with Crippen molar-refractivity contribution in [1.82, 2.24) is 10.2 Å². The Labute approximate surface area is 154 Å². The Kier molecular flexibility index (Phi) is 7.78. The number of rotatable bonds is 5. The van der Waals surface area contributed by atoms with Crippen molar-refractivity contribution in [2.45, 2.75) is 45.7 Å². The smallest absolute Gasteiger partial charge is 0.234 e. The second kappa shape index (κ2) is 8.92.